The van der Waals surface area contributed by atoms with Gasteiger partial charge in [0, 0.05) is 24.8 Å². The van der Waals surface area contributed by atoms with Crippen LogP contribution in [0.15, 0.2) is 29.2 Å². The molecule has 0 unspecified atom stereocenters. The summed E-state index contributed by atoms with van der Waals surface area (Å²) in [7, 11) is -2.27. The van der Waals surface area contributed by atoms with Gasteiger partial charge in [0.2, 0.25) is 15.9 Å². The zero-order valence-electron chi connectivity index (χ0n) is 16.4. The molecule has 2 N–H and O–H groups in total. The largest absolute Gasteiger partial charge is 0.469 e. The Morgan fingerprint density at radius 3 is 2.72 bits per heavy atom. The fourth-order valence-corrected chi connectivity index (χ4v) is 5.19. The second-order valence-electron chi connectivity index (χ2n) is 7.14. The van der Waals surface area contributed by atoms with Gasteiger partial charge in [0.25, 0.3) is 0 Å². The van der Waals surface area contributed by atoms with Crippen LogP contribution in [0, 0.1) is 5.92 Å². The summed E-state index contributed by atoms with van der Waals surface area (Å²) in [6.45, 7) is 1.39. The quantitative estimate of drug-likeness (QED) is 0.614. The molecule has 29 heavy (non-hydrogen) atoms. The molecule has 1 aromatic carbocycles. The van der Waals surface area contributed by atoms with Crippen LogP contribution in [0.2, 0.25) is 0 Å². The van der Waals surface area contributed by atoms with Gasteiger partial charge in [0.05, 0.1) is 37.7 Å². The summed E-state index contributed by atoms with van der Waals surface area (Å²) in [4.78, 5) is 24.2. The maximum atomic E-state index is 12.8. The van der Waals surface area contributed by atoms with Crippen LogP contribution in [0.1, 0.15) is 19.3 Å². The van der Waals surface area contributed by atoms with Gasteiger partial charge in [0.1, 0.15) is 0 Å². The number of benzene rings is 1. The third kappa shape index (κ3) is 5.33. The second-order valence-corrected chi connectivity index (χ2v) is 9.08. The molecular weight excluding hydrogens is 398 g/mol. The van der Waals surface area contributed by atoms with E-state index in [4.69, 9.17) is 9.47 Å². The van der Waals surface area contributed by atoms with Crippen molar-refractivity contribution in [3.05, 3.63) is 24.3 Å². The first-order valence-electron chi connectivity index (χ1n) is 9.71. The van der Waals surface area contributed by atoms with Crippen molar-refractivity contribution < 1.29 is 27.5 Å². The number of rotatable bonds is 7. The molecule has 0 radical (unpaired) electrons. The molecule has 9 nitrogen and oxygen atoms in total. The Morgan fingerprint density at radius 1 is 1.24 bits per heavy atom. The number of carbonyl (C=O) groups excluding carboxylic acids is 2. The molecule has 0 aromatic heterocycles. The summed E-state index contributed by atoms with van der Waals surface area (Å²) in [6, 6.07) is 6.11. The van der Waals surface area contributed by atoms with Gasteiger partial charge in [-0.15, -0.1) is 0 Å². The molecule has 10 heteroatoms. The van der Waals surface area contributed by atoms with E-state index < -0.39 is 10.0 Å². The number of morpholine rings is 1. The third-order valence-electron chi connectivity index (χ3n) is 5.27. The average molecular weight is 426 g/mol. The Hall–Kier alpha value is -2.01. The topological polar surface area (TPSA) is 114 Å². The van der Waals surface area contributed by atoms with Gasteiger partial charge >= 0.3 is 5.97 Å². The van der Waals surface area contributed by atoms with Crippen molar-refractivity contribution in [3.63, 3.8) is 0 Å². The summed E-state index contributed by atoms with van der Waals surface area (Å²) in [5, 5.41) is 5.82. The van der Waals surface area contributed by atoms with E-state index in [1.54, 1.807) is 12.1 Å². The van der Waals surface area contributed by atoms with Gasteiger partial charge in [-0.3, -0.25) is 9.59 Å². The van der Waals surface area contributed by atoms with Crippen molar-refractivity contribution in [3.8, 4) is 0 Å². The van der Waals surface area contributed by atoms with Crippen molar-refractivity contribution >= 4 is 27.6 Å². The number of nitrogens with one attached hydrogen (secondary N) is 2. The van der Waals surface area contributed by atoms with Crippen LogP contribution in [0.5, 0.6) is 0 Å². The van der Waals surface area contributed by atoms with Gasteiger partial charge in [-0.05, 0) is 31.0 Å². The monoisotopic (exact) mass is 425 g/mol. The highest BCUT2D eigenvalue weighted by atomic mass is 32.2. The van der Waals surface area contributed by atoms with E-state index in [1.165, 1.54) is 23.5 Å². The Bertz CT molecular complexity index is 838. The van der Waals surface area contributed by atoms with E-state index >= 15 is 0 Å². The number of hydrogen-bond donors (Lipinski definition) is 2. The van der Waals surface area contributed by atoms with Crippen LogP contribution in [0.4, 0.5) is 5.69 Å². The van der Waals surface area contributed by atoms with Crippen molar-refractivity contribution in [2.75, 3.05) is 45.3 Å². The summed E-state index contributed by atoms with van der Waals surface area (Å²) in [6.07, 6.45) is 2.45. The van der Waals surface area contributed by atoms with Crippen molar-refractivity contribution in [1.82, 2.24) is 9.62 Å². The first-order valence-corrected chi connectivity index (χ1v) is 11.1. The highest BCUT2D eigenvalue weighted by Gasteiger charge is 2.33. The van der Waals surface area contributed by atoms with Crippen LogP contribution in [0.25, 0.3) is 0 Å². The lowest BCUT2D eigenvalue weighted by Gasteiger charge is -2.26. The van der Waals surface area contributed by atoms with Crippen molar-refractivity contribution in [1.29, 1.82) is 0 Å². The van der Waals surface area contributed by atoms with Crippen molar-refractivity contribution in [2.45, 2.75) is 30.2 Å². The maximum absolute atomic E-state index is 12.8. The number of anilines is 1. The first kappa shape index (κ1) is 21.7. The highest BCUT2D eigenvalue weighted by Crippen LogP contribution is 2.26. The fraction of sp³-hybridized carbons (Fsp3) is 0.579. The minimum atomic E-state index is -3.63. The van der Waals surface area contributed by atoms with E-state index in [0.29, 0.717) is 32.0 Å². The normalized spacial score (nSPS) is 22.9. The molecule has 2 atom stereocenters. The molecule has 0 spiro atoms. The number of nitrogens with zero attached hydrogens (tertiary/aromatic N) is 1. The molecule has 3 rings (SSSR count). The van der Waals surface area contributed by atoms with E-state index in [0.717, 1.165) is 19.3 Å². The Labute approximate surface area is 170 Å². The van der Waals surface area contributed by atoms with Gasteiger partial charge in [0.15, 0.2) is 0 Å². The lowest BCUT2D eigenvalue weighted by molar-refractivity contribution is -0.146. The fourth-order valence-electron chi connectivity index (χ4n) is 3.74. The van der Waals surface area contributed by atoms with Gasteiger partial charge in [-0.25, -0.2) is 8.42 Å². The van der Waals surface area contributed by atoms with E-state index in [9.17, 15) is 18.0 Å². The predicted molar refractivity (Wildman–Crippen MR) is 106 cm³/mol. The van der Waals surface area contributed by atoms with Crippen LogP contribution >= 0.6 is 0 Å². The number of methoxy groups -OCH3 is 1. The summed E-state index contributed by atoms with van der Waals surface area (Å²) in [5.74, 6) is -0.808. The number of sulfonamides is 1. The molecular formula is C19H27N3O6S. The van der Waals surface area contributed by atoms with Crippen LogP contribution < -0.4 is 10.6 Å². The van der Waals surface area contributed by atoms with Gasteiger partial charge < -0.3 is 20.1 Å². The SMILES string of the molecule is COC(=O)[C@@H]1CCC[C@@H]1NCC(=O)Nc1cccc(S(=O)(=O)N2CCOCC2)c1. The number of hydrogen-bond acceptors (Lipinski definition) is 7. The highest BCUT2D eigenvalue weighted by molar-refractivity contribution is 7.89. The molecule has 1 saturated heterocycles. The molecule has 0 bridgehead atoms. The Kier molecular flexibility index (Phi) is 7.23. The molecule has 160 valence electrons. The third-order valence-corrected chi connectivity index (χ3v) is 7.16. The number of amides is 1. The lowest BCUT2D eigenvalue weighted by atomic mass is 10.0. The number of ether oxygens (including phenoxy) is 2. The van der Waals surface area contributed by atoms with Gasteiger partial charge in [-0.2, -0.15) is 4.31 Å². The number of esters is 1. The van der Waals surface area contributed by atoms with Crippen LogP contribution in [0.3, 0.4) is 0 Å². The minimum Gasteiger partial charge on any atom is -0.469 e. The lowest BCUT2D eigenvalue weighted by Crippen LogP contribution is -2.41. The molecule has 1 heterocycles. The average Bonchev–Trinajstić information content (AvgIpc) is 3.21. The molecule has 1 aromatic rings. The molecule has 1 saturated carbocycles. The zero-order valence-corrected chi connectivity index (χ0v) is 17.2. The molecule has 1 aliphatic carbocycles. The molecule has 2 aliphatic rings. The minimum absolute atomic E-state index is 0.0264. The second kappa shape index (κ2) is 9.66. The predicted octanol–water partition coefficient (Wildman–Crippen LogP) is 0.577. The number of carbonyl (C=O) groups is 2. The first-order chi connectivity index (χ1) is 13.9. The smallest absolute Gasteiger partial charge is 0.310 e. The molecule has 1 amide bonds. The van der Waals surface area contributed by atoms with Gasteiger partial charge in [-0.1, -0.05) is 12.5 Å². The van der Waals surface area contributed by atoms with E-state index in [2.05, 4.69) is 10.6 Å². The summed E-state index contributed by atoms with van der Waals surface area (Å²) < 4.78 is 36.9. The Morgan fingerprint density at radius 2 is 2.00 bits per heavy atom. The van der Waals surface area contributed by atoms with E-state index in [1.807, 2.05) is 0 Å². The van der Waals surface area contributed by atoms with E-state index in [-0.39, 0.29) is 35.3 Å². The maximum Gasteiger partial charge on any atom is 0.310 e. The van der Waals surface area contributed by atoms with Crippen molar-refractivity contribution in [2.24, 2.45) is 5.92 Å². The Balaban J connectivity index is 1.58. The zero-order chi connectivity index (χ0) is 20.9. The standard InChI is InChI=1S/C19H27N3O6S/c1-27-19(24)16-6-3-7-17(16)20-13-18(23)21-14-4-2-5-15(12-14)29(25,26)22-8-10-28-11-9-22/h2,4-5,12,16-17,20H,3,6-11,13H2,1H3,(H,21,23)/t16-,17+/m1/s1. The summed E-state index contributed by atoms with van der Waals surface area (Å²) in [5.41, 5.74) is 0.405. The molecule has 2 fully saturated rings. The van der Waals surface area contributed by atoms with Crippen LogP contribution in [-0.2, 0) is 29.1 Å². The molecule has 1 aliphatic heterocycles. The van der Waals surface area contributed by atoms with Crippen LogP contribution in [-0.4, -0.2) is 70.6 Å². The summed E-state index contributed by atoms with van der Waals surface area (Å²) >= 11 is 0.